The number of halogens is 1. The van der Waals surface area contributed by atoms with Crippen LogP contribution in [0.1, 0.15) is 13.8 Å². The molecule has 2 heterocycles. The average Bonchev–Trinajstić information content (AvgIpc) is 2.89. The highest BCUT2D eigenvalue weighted by Crippen LogP contribution is 2.47. The van der Waals surface area contributed by atoms with E-state index in [0.29, 0.717) is 26.4 Å². The van der Waals surface area contributed by atoms with Crippen LogP contribution >= 0.6 is 30.2 Å². The van der Waals surface area contributed by atoms with Gasteiger partial charge in [0.15, 0.2) is 5.65 Å². The van der Waals surface area contributed by atoms with Crippen LogP contribution < -0.4 is 0 Å². The van der Waals surface area contributed by atoms with Gasteiger partial charge in [0.25, 0.3) is 0 Å². The zero-order valence-electron chi connectivity index (χ0n) is 12.4. The molecule has 0 aliphatic heterocycles. The monoisotopic (exact) mass is 440 g/mol. The minimum atomic E-state index is -3.16. The smallest absolute Gasteiger partial charge is 0.356 e. The third kappa shape index (κ3) is 4.45. The summed E-state index contributed by atoms with van der Waals surface area (Å²) in [6, 6.07) is 0. The maximum atomic E-state index is 12.2. The van der Waals surface area contributed by atoms with Gasteiger partial charge in [0.05, 0.1) is 26.1 Å². The van der Waals surface area contributed by atoms with Gasteiger partial charge in [-0.1, -0.05) is 0 Å². The highest BCUT2D eigenvalue weighted by Gasteiger charge is 2.23. The summed E-state index contributed by atoms with van der Waals surface area (Å²) in [6.45, 7) is 5.08. The van der Waals surface area contributed by atoms with E-state index >= 15 is 0 Å². The summed E-state index contributed by atoms with van der Waals surface area (Å²) in [5, 5.41) is 0. The van der Waals surface area contributed by atoms with Crippen molar-refractivity contribution in [3.63, 3.8) is 0 Å². The van der Waals surface area contributed by atoms with Gasteiger partial charge in [0.1, 0.15) is 21.9 Å². The Bertz CT molecular complexity index is 656. The number of aromatic nitrogens is 4. The molecule has 0 atom stereocenters. The Balaban J connectivity index is 1.90. The molecule has 0 aliphatic carbocycles. The lowest BCUT2D eigenvalue weighted by Gasteiger charge is -2.16. The van der Waals surface area contributed by atoms with Gasteiger partial charge in [0.2, 0.25) is 0 Å². The van der Waals surface area contributed by atoms with Gasteiger partial charge in [-0.15, -0.1) is 0 Å². The summed E-state index contributed by atoms with van der Waals surface area (Å²) in [4.78, 5) is 12.6. The molecular formula is C12H18IN4O4P. The lowest BCUT2D eigenvalue weighted by Crippen LogP contribution is -2.09. The van der Waals surface area contributed by atoms with Crippen LogP contribution in [0, 0.1) is 3.70 Å². The highest BCUT2D eigenvalue weighted by atomic mass is 127. The highest BCUT2D eigenvalue weighted by molar-refractivity contribution is 14.1. The van der Waals surface area contributed by atoms with E-state index in [1.807, 2.05) is 4.57 Å². The zero-order chi connectivity index (χ0) is 16.0. The van der Waals surface area contributed by atoms with Crippen LogP contribution in [-0.4, -0.2) is 45.7 Å². The Morgan fingerprint density at radius 3 is 2.64 bits per heavy atom. The summed E-state index contributed by atoms with van der Waals surface area (Å²) >= 11 is 2.12. The minimum Gasteiger partial charge on any atom is -0.367 e. The summed E-state index contributed by atoms with van der Waals surface area (Å²) in [5.41, 5.74) is 1.51. The SMILES string of the molecule is CCOP(=O)(COCCn1cnc2c(I)ncnc21)OCC. The van der Waals surface area contributed by atoms with Gasteiger partial charge in [-0.05, 0) is 36.4 Å². The average molecular weight is 440 g/mol. The molecule has 0 fully saturated rings. The molecule has 2 aromatic rings. The fourth-order valence-electron chi connectivity index (χ4n) is 1.86. The predicted molar refractivity (Wildman–Crippen MR) is 89.7 cm³/mol. The molecule has 22 heavy (non-hydrogen) atoms. The van der Waals surface area contributed by atoms with Crippen LogP contribution in [0.2, 0.25) is 0 Å². The van der Waals surface area contributed by atoms with Gasteiger partial charge < -0.3 is 18.4 Å². The maximum absolute atomic E-state index is 12.2. The molecule has 0 aromatic carbocycles. The summed E-state index contributed by atoms with van der Waals surface area (Å²) in [5.74, 6) is 0. The standard InChI is InChI=1S/C12H18IN4O4P/c1-3-20-22(18,21-4-2)9-19-6-5-17-8-16-10-11(13)14-7-15-12(10)17/h7-8H,3-6,9H2,1-2H3. The lowest BCUT2D eigenvalue weighted by atomic mass is 10.5. The Kier molecular flexibility index (Phi) is 6.69. The molecule has 0 saturated carbocycles. The van der Waals surface area contributed by atoms with Gasteiger partial charge in [0, 0.05) is 6.54 Å². The van der Waals surface area contributed by atoms with Crippen molar-refractivity contribution in [3.8, 4) is 0 Å². The number of ether oxygens (including phenoxy) is 1. The van der Waals surface area contributed by atoms with Crippen LogP contribution in [0.25, 0.3) is 11.2 Å². The Labute approximate surface area is 142 Å². The van der Waals surface area contributed by atoms with Crippen LogP contribution in [0.3, 0.4) is 0 Å². The Hall–Kier alpha value is -0.610. The van der Waals surface area contributed by atoms with E-state index in [-0.39, 0.29) is 6.35 Å². The second kappa shape index (κ2) is 8.30. The van der Waals surface area contributed by atoms with Crippen molar-refractivity contribution in [1.29, 1.82) is 0 Å². The molecule has 2 aromatic heterocycles. The molecule has 0 radical (unpaired) electrons. The zero-order valence-corrected chi connectivity index (χ0v) is 15.5. The predicted octanol–water partition coefficient (Wildman–Crippen LogP) is 2.67. The van der Waals surface area contributed by atoms with E-state index in [4.69, 9.17) is 13.8 Å². The van der Waals surface area contributed by atoms with Crippen LogP contribution in [0.5, 0.6) is 0 Å². The van der Waals surface area contributed by atoms with Gasteiger partial charge in [-0.25, -0.2) is 15.0 Å². The van der Waals surface area contributed by atoms with Crippen molar-refractivity contribution in [2.24, 2.45) is 0 Å². The van der Waals surface area contributed by atoms with Gasteiger partial charge in [-0.3, -0.25) is 4.57 Å². The van der Waals surface area contributed by atoms with E-state index in [9.17, 15) is 4.57 Å². The van der Waals surface area contributed by atoms with Crippen molar-refractivity contribution in [2.75, 3.05) is 26.2 Å². The van der Waals surface area contributed by atoms with E-state index in [0.717, 1.165) is 14.9 Å². The first-order valence-corrected chi connectivity index (χ1v) is 9.67. The van der Waals surface area contributed by atoms with E-state index in [1.165, 1.54) is 6.33 Å². The largest absolute Gasteiger partial charge is 0.367 e. The Morgan fingerprint density at radius 2 is 1.95 bits per heavy atom. The topological polar surface area (TPSA) is 88.4 Å². The summed E-state index contributed by atoms with van der Waals surface area (Å²) in [6.07, 6.45) is 3.13. The number of hydrogen-bond donors (Lipinski definition) is 0. The number of imidazole rings is 1. The summed E-state index contributed by atoms with van der Waals surface area (Å²) in [7, 11) is -3.16. The number of nitrogens with zero attached hydrogens (tertiary/aromatic N) is 4. The fraction of sp³-hybridized carbons (Fsp3) is 0.583. The van der Waals surface area contributed by atoms with Crippen molar-refractivity contribution in [2.45, 2.75) is 20.4 Å². The summed E-state index contributed by atoms with van der Waals surface area (Å²) < 4.78 is 30.7. The molecule has 0 spiro atoms. The van der Waals surface area contributed by atoms with Crippen LogP contribution in [0.4, 0.5) is 0 Å². The molecule has 10 heteroatoms. The van der Waals surface area contributed by atoms with E-state index in [1.54, 1.807) is 20.2 Å². The van der Waals surface area contributed by atoms with Crippen molar-refractivity contribution in [1.82, 2.24) is 19.5 Å². The normalized spacial score (nSPS) is 12.1. The number of hydrogen-bond acceptors (Lipinski definition) is 7. The van der Waals surface area contributed by atoms with Crippen molar-refractivity contribution < 1.29 is 18.3 Å². The number of rotatable bonds is 9. The van der Waals surface area contributed by atoms with E-state index < -0.39 is 7.60 Å². The van der Waals surface area contributed by atoms with Gasteiger partial charge >= 0.3 is 7.60 Å². The molecule has 8 nitrogen and oxygen atoms in total. The third-order valence-electron chi connectivity index (χ3n) is 2.73. The molecule has 2 rings (SSSR count). The second-order valence-corrected chi connectivity index (χ2v) is 7.28. The first-order valence-electron chi connectivity index (χ1n) is 6.87. The van der Waals surface area contributed by atoms with Crippen molar-refractivity contribution >= 4 is 41.4 Å². The molecule has 0 N–H and O–H groups in total. The quantitative estimate of drug-likeness (QED) is 0.257. The molecular weight excluding hydrogens is 422 g/mol. The van der Waals surface area contributed by atoms with Crippen LogP contribution in [-0.2, 0) is 24.9 Å². The molecule has 0 bridgehead atoms. The first-order chi connectivity index (χ1) is 10.6. The number of fused-ring (bicyclic) bond motifs is 1. The molecule has 122 valence electrons. The molecule has 0 amide bonds. The third-order valence-corrected chi connectivity index (χ3v) is 5.33. The van der Waals surface area contributed by atoms with Crippen LogP contribution in [0.15, 0.2) is 12.7 Å². The maximum Gasteiger partial charge on any atom is 0.356 e. The second-order valence-electron chi connectivity index (χ2n) is 4.26. The molecule has 0 aliphatic rings. The Morgan fingerprint density at radius 1 is 1.23 bits per heavy atom. The van der Waals surface area contributed by atoms with E-state index in [2.05, 4.69) is 37.5 Å². The minimum absolute atomic E-state index is 0.0617. The fourth-order valence-corrected chi connectivity index (χ4v) is 3.73. The van der Waals surface area contributed by atoms with Gasteiger partial charge in [-0.2, -0.15) is 0 Å². The van der Waals surface area contributed by atoms with Crippen molar-refractivity contribution in [3.05, 3.63) is 16.4 Å². The first kappa shape index (κ1) is 17.7. The molecule has 0 unspecified atom stereocenters. The molecule has 0 saturated heterocycles. The lowest BCUT2D eigenvalue weighted by molar-refractivity contribution is 0.127.